The Morgan fingerprint density at radius 3 is 2.81 bits per heavy atom. The van der Waals surface area contributed by atoms with Crippen LogP contribution in [0.3, 0.4) is 0 Å². The van der Waals surface area contributed by atoms with Gasteiger partial charge in [-0.25, -0.2) is 0 Å². The van der Waals surface area contributed by atoms with Gasteiger partial charge >= 0.3 is 0 Å². The normalized spacial score (nSPS) is 25.6. The molecule has 3 N–H and O–H groups in total. The number of aromatic nitrogens is 1. The van der Waals surface area contributed by atoms with Gasteiger partial charge in [-0.15, -0.1) is 6.58 Å². The van der Waals surface area contributed by atoms with Crippen molar-refractivity contribution in [1.82, 2.24) is 15.2 Å². The molecule has 2 saturated heterocycles. The number of nitrogens with one attached hydrogen (secondary N) is 2. The summed E-state index contributed by atoms with van der Waals surface area (Å²) in [5.41, 5.74) is 2.72. The van der Waals surface area contributed by atoms with Crippen LogP contribution in [0, 0.1) is 0 Å². The van der Waals surface area contributed by atoms with Crippen LogP contribution in [0.5, 0.6) is 0 Å². The fraction of sp³-hybridized carbons (Fsp3) is 0.429. The second-order valence-corrected chi connectivity index (χ2v) is 8.05. The smallest absolute Gasteiger partial charge is 0.246 e. The lowest BCUT2D eigenvalue weighted by Gasteiger charge is -2.35. The van der Waals surface area contributed by atoms with Gasteiger partial charge in [0, 0.05) is 35.0 Å². The third-order valence-electron chi connectivity index (χ3n) is 5.91. The molecule has 2 amide bonds. The van der Waals surface area contributed by atoms with E-state index >= 15 is 0 Å². The Labute approximate surface area is 158 Å². The molecule has 2 fully saturated rings. The van der Waals surface area contributed by atoms with E-state index < -0.39 is 18.2 Å². The van der Waals surface area contributed by atoms with Crippen LogP contribution in [0.25, 0.3) is 10.9 Å². The van der Waals surface area contributed by atoms with E-state index in [-0.39, 0.29) is 17.2 Å². The molecule has 2 aliphatic heterocycles. The van der Waals surface area contributed by atoms with Gasteiger partial charge in [0.15, 0.2) is 0 Å². The second kappa shape index (κ2) is 6.23. The monoisotopic (exact) mass is 367 g/mol. The summed E-state index contributed by atoms with van der Waals surface area (Å²) in [4.78, 5) is 30.4. The number of allylic oxidation sites excluding steroid dienone is 1. The van der Waals surface area contributed by atoms with Gasteiger partial charge in [-0.05, 0) is 18.1 Å². The molecule has 4 rings (SSSR count). The van der Waals surface area contributed by atoms with E-state index in [1.165, 1.54) is 4.90 Å². The number of hydrogen-bond acceptors (Lipinski definition) is 3. The first-order valence-electron chi connectivity index (χ1n) is 9.36. The highest BCUT2D eigenvalue weighted by atomic mass is 16.3. The molecule has 1 aromatic carbocycles. The van der Waals surface area contributed by atoms with Crippen molar-refractivity contribution >= 4 is 22.7 Å². The van der Waals surface area contributed by atoms with Gasteiger partial charge in [0.2, 0.25) is 11.8 Å². The summed E-state index contributed by atoms with van der Waals surface area (Å²) in [6, 6.07) is 6.60. The first-order chi connectivity index (χ1) is 12.8. The molecule has 6 heteroatoms. The number of piperazine rings is 1. The molecule has 0 bridgehead atoms. The van der Waals surface area contributed by atoms with Crippen molar-refractivity contribution in [2.24, 2.45) is 0 Å². The number of hydrogen-bond donors (Lipinski definition) is 3. The van der Waals surface area contributed by atoms with Crippen LogP contribution in [0.4, 0.5) is 0 Å². The number of amides is 2. The molecular weight excluding hydrogens is 342 g/mol. The number of aliphatic hydroxyl groups excluding tert-OH is 1. The highest BCUT2D eigenvalue weighted by molar-refractivity contribution is 5.98. The Hall–Kier alpha value is -2.60. The van der Waals surface area contributed by atoms with Crippen LogP contribution >= 0.6 is 0 Å². The molecule has 1 aromatic heterocycles. The van der Waals surface area contributed by atoms with Crippen molar-refractivity contribution < 1.29 is 14.7 Å². The molecular formula is C21H25N3O3. The average Bonchev–Trinajstić information content (AvgIpc) is 3.21. The predicted octanol–water partition coefficient (Wildman–Crippen LogP) is 1.63. The molecule has 2 aliphatic rings. The van der Waals surface area contributed by atoms with Crippen molar-refractivity contribution in [3.05, 3.63) is 48.2 Å². The molecule has 1 unspecified atom stereocenters. The number of carbonyl (C=O) groups excluding carboxylic acids is 2. The van der Waals surface area contributed by atoms with Gasteiger partial charge in [-0.1, -0.05) is 38.1 Å². The summed E-state index contributed by atoms with van der Waals surface area (Å²) < 4.78 is 0. The molecule has 0 aliphatic carbocycles. The van der Waals surface area contributed by atoms with E-state index in [9.17, 15) is 14.7 Å². The number of fused-ring (bicyclic) bond motifs is 2. The van der Waals surface area contributed by atoms with Crippen LogP contribution in [0.1, 0.15) is 31.5 Å². The maximum absolute atomic E-state index is 13.0. The number of aromatic amines is 1. The third-order valence-corrected chi connectivity index (χ3v) is 5.91. The van der Waals surface area contributed by atoms with Gasteiger partial charge in [0.05, 0.1) is 6.10 Å². The molecule has 6 nitrogen and oxygen atoms in total. The Bertz CT molecular complexity index is 930. The van der Waals surface area contributed by atoms with Crippen molar-refractivity contribution in [2.75, 3.05) is 6.54 Å². The Balaban J connectivity index is 1.73. The van der Waals surface area contributed by atoms with E-state index in [4.69, 9.17) is 0 Å². The minimum absolute atomic E-state index is 0.121. The van der Waals surface area contributed by atoms with E-state index in [0.29, 0.717) is 19.4 Å². The first-order valence-corrected chi connectivity index (χ1v) is 9.36. The zero-order valence-corrected chi connectivity index (χ0v) is 15.7. The average molecular weight is 367 g/mol. The van der Waals surface area contributed by atoms with Crippen molar-refractivity contribution in [3.63, 3.8) is 0 Å². The first kappa shape index (κ1) is 17.8. The third kappa shape index (κ3) is 2.75. The lowest BCUT2D eigenvalue weighted by atomic mass is 9.84. The lowest BCUT2D eigenvalue weighted by molar-refractivity contribution is -0.149. The van der Waals surface area contributed by atoms with Gasteiger partial charge < -0.3 is 20.3 Å². The number of carbonyl (C=O) groups is 2. The van der Waals surface area contributed by atoms with E-state index in [1.54, 1.807) is 0 Å². The fourth-order valence-electron chi connectivity index (χ4n) is 4.27. The largest absolute Gasteiger partial charge is 0.390 e. The maximum atomic E-state index is 13.0. The fourth-order valence-corrected chi connectivity index (χ4v) is 4.27. The lowest BCUT2D eigenvalue weighted by Crippen LogP contribution is -2.63. The minimum Gasteiger partial charge on any atom is -0.390 e. The Morgan fingerprint density at radius 1 is 1.33 bits per heavy atom. The van der Waals surface area contributed by atoms with Crippen LogP contribution in [0.15, 0.2) is 36.9 Å². The van der Waals surface area contributed by atoms with Crippen LogP contribution in [-0.2, 0) is 21.4 Å². The summed E-state index contributed by atoms with van der Waals surface area (Å²) in [6.07, 6.45) is 1.95. The maximum Gasteiger partial charge on any atom is 0.246 e. The highest BCUT2D eigenvalue weighted by Crippen LogP contribution is 2.34. The van der Waals surface area contributed by atoms with E-state index in [1.807, 2.05) is 30.3 Å². The van der Waals surface area contributed by atoms with Crippen LogP contribution < -0.4 is 5.32 Å². The summed E-state index contributed by atoms with van der Waals surface area (Å²) in [5.74, 6) is -0.391. The highest BCUT2D eigenvalue weighted by Gasteiger charge is 2.48. The molecule has 27 heavy (non-hydrogen) atoms. The van der Waals surface area contributed by atoms with E-state index in [2.05, 4.69) is 30.7 Å². The van der Waals surface area contributed by atoms with Crippen molar-refractivity contribution in [2.45, 2.75) is 50.3 Å². The van der Waals surface area contributed by atoms with Crippen LogP contribution in [-0.4, -0.2) is 51.5 Å². The molecule has 3 atom stereocenters. The van der Waals surface area contributed by atoms with Crippen LogP contribution in [0.2, 0.25) is 0 Å². The number of aliphatic hydroxyl groups is 1. The molecule has 0 radical (unpaired) electrons. The van der Waals surface area contributed by atoms with Gasteiger partial charge in [-0.2, -0.15) is 0 Å². The molecule has 0 spiro atoms. The van der Waals surface area contributed by atoms with Gasteiger partial charge in [0.1, 0.15) is 12.1 Å². The zero-order valence-electron chi connectivity index (χ0n) is 15.7. The predicted molar refractivity (Wildman–Crippen MR) is 103 cm³/mol. The molecule has 142 valence electrons. The topological polar surface area (TPSA) is 85.4 Å². The zero-order chi connectivity index (χ0) is 19.3. The second-order valence-electron chi connectivity index (χ2n) is 8.05. The van der Waals surface area contributed by atoms with E-state index in [0.717, 1.165) is 22.2 Å². The Kier molecular flexibility index (Phi) is 4.11. The summed E-state index contributed by atoms with van der Waals surface area (Å²) in [6.45, 7) is 8.52. The molecule has 0 saturated carbocycles. The van der Waals surface area contributed by atoms with Gasteiger partial charge in [0.25, 0.3) is 0 Å². The van der Waals surface area contributed by atoms with Crippen molar-refractivity contribution in [3.8, 4) is 0 Å². The standard InChI is InChI=1S/C21H25N3O3/c1-4-21(2,3)18-13(12-7-5-6-8-14(12)22-18)11-15-20(27)24-10-9-16(25)17(24)19(26)23-15/h4-8,15-17,22,25H,1,9-11H2,2-3H3,(H,23,26)/t15?,16-,17+/m1/s1. The number of H-pyrrole nitrogens is 1. The van der Waals surface area contributed by atoms with Crippen molar-refractivity contribution in [1.29, 1.82) is 0 Å². The number of nitrogens with zero attached hydrogens (tertiary/aromatic N) is 1. The number of benzene rings is 1. The van der Waals surface area contributed by atoms with Gasteiger partial charge in [-0.3, -0.25) is 9.59 Å². The number of para-hydroxylation sites is 1. The molecule has 2 aromatic rings. The summed E-state index contributed by atoms with van der Waals surface area (Å²) in [7, 11) is 0. The SMILES string of the molecule is C=CC(C)(C)c1[nH]c2ccccc2c1CC1NC(=O)[C@@H]2[C@H](O)CCN2C1=O. The summed E-state index contributed by atoms with van der Waals surface area (Å²) in [5, 5.41) is 13.9. The number of rotatable bonds is 4. The quantitative estimate of drug-likeness (QED) is 0.718. The summed E-state index contributed by atoms with van der Waals surface area (Å²) >= 11 is 0. The Morgan fingerprint density at radius 2 is 2.07 bits per heavy atom. The molecule has 3 heterocycles. The minimum atomic E-state index is -0.779.